The molecular formula is C13H16O4S2. The van der Waals surface area contributed by atoms with E-state index in [1.807, 2.05) is 30.3 Å². The van der Waals surface area contributed by atoms with E-state index in [1.165, 1.54) is 11.8 Å². The summed E-state index contributed by atoms with van der Waals surface area (Å²) in [7, 11) is 0. The normalized spacial score (nSPS) is 13.6. The zero-order valence-corrected chi connectivity index (χ0v) is 12.2. The molecule has 1 aromatic rings. The quantitative estimate of drug-likeness (QED) is 0.460. The first-order valence-corrected chi connectivity index (χ1v) is 7.38. The molecule has 1 aromatic carbocycles. The van der Waals surface area contributed by atoms with E-state index in [4.69, 9.17) is 9.84 Å². The molecule has 0 heterocycles. The first-order chi connectivity index (χ1) is 9.04. The number of carbonyl (C=O) groups is 2. The van der Waals surface area contributed by atoms with Crippen LogP contribution in [0.2, 0.25) is 0 Å². The monoisotopic (exact) mass is 300 g/mol. The molecule has 4 nitrogen and oxygen atoms in total. The minimum absolute atomic E-state index is 0.185. The Labute approximate surface area is 121 Å². The highest BCUT2D eigenvalue weighted by Gasteiger charge is 2.24. The molecule has 1 N–H and O–H groups in total. The molecule has 0 fully saturated rings. The first kappa shape index (κ1) is 15.9. The fourth-order valence-corrected chi connectivity index (χ4v) is 2.23. The van der Waals surface area contributed by atoms with E-state index in [9.17, 15) is 9.59 Å². The number of hydrogen-bond donors (Lipinski definition) is 2. The van der Waals surface area contributed by atoms with Crippen LogP contribution in [0, 0.1) is 5.92 Å². The van der Waals surface area contributed by atoms with Crippen molar-refractivity contribution in [2.45, 2.75) is 17.9 Å². The molecule has 0 amide bonds. The molecule has 6 heteroatoms. The maximum atomic E-state index is 11.6. The van der Waals surface area contributed by atoms with Gasteiger partial charge in [-0.25, -0.2) is 4.79 Å². The van der Waals surface area contributed by atoms with Gasteiger partial charge in [0.1, 0.15) is 0 Å². The van der Waals surface area contributed by atoms with Crippen molar-refractivity contribution in [2.24, 2.45) is 5.92 Å². The average Bonchev–Trinajstić information content (AvgIpc) is 2.42. The Bertz CT molecular complexity index is 422. The van der Waals surface area contributed by atoms with Crippen LogP contribution in [-0.2, 0) is 14.3 Å². The largest absolute Gasteiger partial charge is 0.478 e. The maximum absolute atomic E-state index is 11.6. The molecule has 19 heavy (non-hydrogen) atoms. The minimum atomic E-state index is -1.14. The molecule has 2 atom stereocenters. The Morgan fingerprint density at radius 2 is 2.00 bits per heavy atom. The van der Waals surface area contributed by atoms with E-state index in [1.54, 1.807) is 6.92 Å². The number of ether oxygens (including phenoxy) is 1. The van der Waals surface area contributed by atoms with E-state index in [0.29, 0.717) is 5.75 Å². The zero-order valence-electron chi connectivity index (χ0n) is 10.5. The third-order valence-corrected chi connectivity index (χ3v) is 3.98. The lowest BCUT2D eigenvalue weighted by Gasteiger charge is -2.15. The number of rotatable bonds is 7. The highest BCUT2D eigenvalue weighted by atomic mass is 32.2. The average molecular weight is 300 g/mol. The molecule has 0 spiro atoms. The highest BCUT2D eigenvalue weighted by molar-refractivity contribution is 7.99. The van der Waals surface area contributed by atoms with Crippen molar-refractivity contribution in [2.75, 3.05) is 11.5 Å². The molecule has 0 bridgehead atoms. The lowest BCUT2D eigenvalue weighted by Crippen LogP contribution is -2.32. The predicted octanol–water partition coefficient (Wildman–Crippen LogP) is 2.34. The van der Waals surface area contributed by atoms with E-state index in [-0.39, 0.29) is 5.75 Å². The number of thioether (sulfide) groups is 1. The van der Waals surface area contributed by atoms with Crippen molar-refractivity contribution in [3.63, 3.8) is 0 Å². The Morgan fingerprint density at radius 1 is 1.37 bits per heavy atom. The van der Waals surface area contributed by atoms with Crippen molar-refractivity contribution in [1.29, 1.82) is 0 Å². The van der Waals surface area contributed by atoms with Crippen LogP contribution in [0.15, 0.2) is 35.2 Å². The highest BCUT2D eigenvalue weighted by Crippen LogP contribution is 2.19. The number of carbonyl (C=O) groups excluding carboxylic acids is 1. The van der Waals surface area contributed by atoms with Crippen LogP contribution in [0.25, 0.3) is 0 Å². The summed E-state index contributed by atoms with van der Waals surface area (Å²) in [5, 5.41) is 9.04. The van der Waals surface area contributed by atoms with Gasteiger partial charge in [-0.1, -0.05) is 25.1 Å². The number of benzene rings is 1. The van der Waals surface area contributed by atoms with Gasteiger partial charge in [-0.2, -0.15) is 12.6 Å². The van der Waals surface area contributed by atoms with E-state index >= 15 is 0 Å². The number of esters is 1. The van der Waals surface area contributed by atoms with Gasteiger partial charge in [-0.15, -0.1) is 11.8 Å². The Balaban J connectivity index is 2.54. The van der Waals surface area contributed by atoms with Crippen LogP contribution in [0.1, 0.15) is 6.92 Å². The van der Waals surface area contributed by atoms with Gasteiger partial charge in [-0.3, -0.25) is 4.79 Å². The first-order valence-electron chi connectivity index (χ1n) is 5.76. The van der Waals surface area contributed by atoms with Gasteiger partial charge in [-0.05, 0) is 12.1 Å². The van der Waals surface area contributed by atoms with Crippen molar-refractivity contribution in [3.05, 3.63) is 30.3 Å². The Morgan fingerprint density at radius 3 is 2.53 bits per heavy atom. The van der Waals surface area contributed by atoms with Gasteiger partial charge in [0.15, 0.2) is 0 Å². The number of carboxylic acids is 1. The molecule has 1 rings (SSSR count). The summed E-state index contributed by atoms with van der Waals surface area (Å²) < 4.78 is 4.98. The van der Waals surface area contributed by atoms with Gasteiger partial charge in [0.2, 0.25) is 6.10 Å². The topological polar surface area (TPSA) is 63.6 Å². The standard InChI is InChI=1S/C13H16O4S2/c1-9(7-18)13(16)17-11(12(14)15)8-19-10-5-3-2-4-6-10/h2-6,9,11,18H,7-8H2,1H3,(H,14,15)/t9-,11?/m0/s1. The number of hydrogen-bond acceptors (Lipinski definition) is 5. The van der Waals surface area contributed by atoms with Crippen LogP contribution in [0.5, 0.6) is 0 Å². The van der Waals surface area contributed by atoms with Gasteiger partial charge in [0.25, 0.3) is 0 Å². The fourth-order valence-electron chi connectivity index (χ4n) is 1.18. The summed E-state index contributed by atoms with van der Waals surface area (Å²) in [6.45, 7) is 1.65. The molecule has 0 saturated heterocycles. The van der Waals surface area contributed by atoms with Crippen LogP contribution in [0.3, 0.4) is 0 Å². The molecule has 0 radical (unpaired) electrons. The van der Waals surface area contributed by atoms with Crippen molar-refractivity contribution >= 4 is 36.3 Å². The zero-order chi connectivity index (χ0) is 14.3. The van der Waals surface area contributed by atoms with Crippen LogP contribution in [-0.4, -0.2) is 34.7 Å². The van der Waals surface area contributed by atoms with Gasteiger partial charge in [0.05, 0.1) is 5.92 Å². The van der Waals surface area contributed by atoms with E-state index < -0.39 is 24.0 Å². The molecule has 0 aliphatic carbocycles. The van der Waals surface area contributed by atoms with E-state index in [2.05, 4.69) is 12.6 Å². The number of carboxylic acid groups (broad SMARTS) is 1. The lowest BCUT2D eigenvalue weighted by atomic mass is 10.2. The smallest absolute Gasteiger partial charge is 0.345 e. The second-order valence-electron chi connectivity index (χ2n) is 3.97. The SMILES string of the molecule is C[C@@H](CS)C(=O)OC(CSc1ccccc1)C(=O)O. The van der Waals surface area contributed by atoms with Crippen molar-refractivity contribution in [1.82, 2.24) is 0 Å². The van der Waals surface area contributed by atoms with Crippen LogP contribution >= 0.6 is 24.4 Å². The second-order valence-corrected chi connectivity index (χ2v) is 5.43. The van der Waals surface area contributed by atoms with Crippen LogP contribution < -0.4 is 0 Å². The van der Waals surface area contributed by atoms with Gasteiger partial charge >= 0.3 is 11.9 Å². The molecule has 0 aromatic heterocycles. The molecule has 1 unspecified atom stereocenters. The summed E-state index contributed by atoms with van der Waals surface area (Å²) in [6, 6.07) is 9.37. The summed E-state index contributed by atoms with van der Waals surface area (Å²) >= 11 is 5.33. The summed E-state index contributed by atoms with van der Waals surface area (Å²) in [5.74, 6) is -1.56. The van der Waals surface area contributed by atoms with Crippen LogP contribution in [0.4, 0.5) is 0 Å². The number of aliphatic carboxylic acids is 1. The Kier molecular flexibility index (Phi) is 6.80. The molecular weight excluding hydrogens is 284 g/mol. The van der Waals surface area contributed by atoms with Gasteiger partial charge in [0, 0.05) is 16.4 Å². The molecule has 0 aliphatic heterocycles. The predicted molar refractivity (Wildman–Crippen MR) is 77.7 cm³/mol. The molecule has 0 saturated carbocycles. The summed E-state index contributed by atoms with van der Waals surface area (Å²) in [6.07, 6.45) is -1.14. The third kappa shape index (κ3) is 5.57. The lowest BCUT2D eigenvalue weighted by molar-refractivity contribution is -0.164. The number of thiol groups is 1. The fraction of sp³-hybridized carbons (Fsp3) is 0.385. The molecule has 104 valence electrons. The van der Waals surface area contributed by atoms with Crippen molar-refractivity contribution < 1.29 is 19.4 Å². The summed E-state index contributed by atoms with van der Waals surface area (Å²) in [5.41, 5.74) is 0. The third-order valence-electron chi connectivity index (χ3n) is 2.35. The minimum Gasteiger partial charge on any atom is -0.478 e. The summed E-state index contributed by atoms with van der Waals surface area (Å²) in [4.78, 5) is 23.6. The van der Waals surface area contributed by atoms with Crippen molar-refractivity contribution in [3.8, 4) is 0 Å². The maximum Gasteiger partial charge on any atom is 0.345 e. The molecule has 0 aliphatic rings. The van der Waals surface area contributed by atoms with Gasteiger partial charge < -0.3 is 9.84 Å². The van der Waals surface area contributed by atoms with E-state index in [0.717, 1.165) is 4.90 Å². The Hall–Kier alpha value is -1.14. The second kappa shape index (κ2) is 8.12.